The predicted molar refractivity (Wildman–Crippen MR) is 70.9 cm³/mol. The second kappa shape index (κ2) is 5.25. The van der Waals surface area contributed by atoms with Crippen LogP contribution in [0.2, 0.25) is 0 Å². The van der Waals surface area contributed by atoms with Crippen LogP contribution in [0.15, 0.2) is 49.3 Å². The molecule has 0 amide bonds. The minimum absolute atomic E-state index is 0.626. The molecule has 2 aromatic rings. The lowest BCUT2D eigenvalue weighted by Gasteiger charge is -2.04. The number of aromatic nitrogens is 2. The van der Waals surface area contributed by atoms with Crippen LogP contribution in [0, 0.1) is 6.92 Å². The maximum Gasteiger partial charge on any atom is 0.222 e. The third-order valence-corrected chi connectivity index (χ3v) is 2.44. The highest BCUT2D eigenvalue weighted by molar-refractivity contribution is 5.62. The summed E-state index contributed by atoms with van der Waals surface area (Å²) in [6.45, 7) is 6.37. The van der Waals surface area contributed by atoms with Crippen LogP contribution in [0.1, 0.15) is 5.56 Å². The molecule has 0 atom stereocenters. The Kier molecular flexibility index (Phi) is 3.50. The Bertz CT molecular complexity index is 486. The Morgan fingerprint density at radius 1 is 1.12 bits per heavy atom. The van der Waals surface area contributed by atoms with E-state index in [2.05, 4.69) is 53.1 Å². The number of aryl methyl sites for hydroxylation is 1. The van der Waals surface area contributed by atoms with Gasteiger partial charge in [-0.05, 0) is 12.5 Å². The Hall–Kier alpha value is -2.16. The SMILES string of the molecule is C=CCNc1ncc(-c2ccc(C)cc2)cn1. The third kappa shape index (κ3) is 2.91. The molecule has 17 heavy (non-hydrogen) atoms. The van der Waals surface area contributed by atoms with E-state index in [1.165, 1.54) is 5.56 Å². The number of benzene rings is 1. The number of rotatable bonds is 4. The van der Waals surface area contributed by atoms with Crippen LogP contribution < -0.4 is 5.32 Å². The smallest absolute Gasteiger partial charge is 0.222 e. The molecule has 2 rings (SSSR count). The molecule has 0 unspecified atom stereocenters. The van der Waals surface area contributed by atoms with Gasteiger partial charge in [0.2, 0.25) is 5.95 Å². The van der Waals surface area contributed by atoms with E-state index in [-0.39, 0.29) is 0 Å². The largest absolute Gasteiger partial charge is 0.351 e. The summed E-state index contributed by atoms with van der Waals surface area (Å²) in [5.41, 5.74) is 3.40. The lowest BCUT2D eigenvalue weighted by Crippen LogP contribution is -2.02. The molecule has 0 bridgehead atoms. The van der Waals surface area contributed by atoms with Crippen molar-refractivity contribution in [2.45, 2.75) is 6.92 Å². The Morgan fingerprint density at radius 3 is 2.35 bits per heavy atom. The third-order valence-electron chi connectivity index (χ3n) is 2.44. The number of nitrogens with one attached hydrogen (secondary N) is 1. The van der Waals surface area contributed by atoms with Crippen molar-refractivity contribution in [3.05, 3.63) is 54.9 Å². The van der Waals surface area contributed by atoms with Crippen molar-refractivity contribution >= 4 is 5.95 Å². The van der Waals surface area contributed by atoms with E-state index in [0.29, 0.717) is 12.5 Å². The van der Waals surface area contributed by atoms with Gasteiger partial charge in [-0.3, -0.25) is 0 Å². The molecule has 3 heteroatoms. The van der Waals surface area contributed by atoms with Crippen molar-refractivity contribution in [1.82, 2.24) is 9.97 Å². The molecule has 1 heterocycles. The van der Waals surface area contributed by atoms with Crippen LogP contribution in [-0.4, -0.2) is 16.5 Å². The first kappa shape index (κ1) is 11.3. The van der Waals surface area contributed by atoms with Crippen molar-refractivity contribution in [3.8, 4) is 11.1 Å². The van der Waals surface area contributed by atoms with E-state index in [1.807, 2.05) is 12.4 Å². The maximum atomic E-state index is 4.25. The molecule has 0 aliphatic carbocycles. The minimum atomic E-state index is 0.626. The average molecular weight is 225 g/mol. The molecule has 0 saturated heterocycles. The number of hydrogen-bond donors (Lipinski definition) is 1. The van der Waals surface area contributed by atoms with Gasteiger partial charge < -0.3 is 5.32 Å². The zero-order chi connectivity index (χ0) is 12.1. The topological polar surface area (TPSA) is 37.8 Å². The Labute approximate surface area is 101 Å². The Morgan fingerprint density at radius 2 is 1.76 bits per heavy atom. The molecule has 3 nitrogen and oxygen atoms in total. The van der Waals surface area contributed by atoms with Crippen LogP contribution in [0.5, 0.6) is 0 Å². The Balaban J connectivity index is 2.17. The molecule has 0 saturated carbocycles. The zero-order valence-corrected chi connectivity index (χ0v) is 9.85. The highest BCUT2D eigenvalue weighted by Gasteiger charge is 1.99. The predicted octanol–water partition coefficient (Wildman–Crippen LogP) is 3.05. The summed E-state index contributed by atoms with van der Waals surface area (Å²) in [7, 11) is 0. The summed E-state index contributed by atoms with van der Waals surface area (Å²) < 4.78 is 0. The molecule has 1 aromatic carbocycles. The molecule has 0 spiro atoms. The molecule has 0 aliphatic rings. The van der Waals surface area contributed by atoms with Crippen LogP contribution in [-0.2, 0) is 0 Å². The fourth-order valence-electron chi connectivity index (χ4n) is 1.48. The zero-order valence-electron chi connectivity index (χ0n) is 9.85. The first-order chi connectivity index (χ1) is 8.29. The van der Waals surface area contributed by atoms with E-state index in [1.54, 1.807) is 6.08 Å². The van der Waals surface area contributed by atoms with E-state index in [0.717, 1.165) is 11.1 Å². The van der Waals surface area contributed by atoms with Crippen molar-refractivity contribution in [2.24, 2.45) is 0 Å². The molecule has 0 radical (unpaired) electrons. The first-order valence-electron chi connectivity index (χ1n) is 5.53. The summed E-state index contributed by atoms with van der Waals surface area (Å²) in [4.78, 5) is 8.49. The standard InChI is InChI=1S/C14H15N3/c1-3-8-15-14-16-9-13(10-17-14)12-6-4-11(2)5-7-12/h3-7,9-10H,1,8H2,2H3,(H,15,16,17). The molecule has 86 valence electrons. The number of hydrogen-bond acceptors (Lipinski definition) is 3. The number of nitrogens with zero attached hydrogens (tertiary/aromatic N) is 2. The molecule has 0 fully saturated rings. The van der Waals surface area contributed by atoms with Gasteiger partial charge in [0.1, 0.15) is 0 Å². The fourth-order valence-corrected chi connectivity index (χ4v) is 1.48. The van der Waals surface area contributed by atoms with Crippen LogP contribution >= 0.6 is 0 Å². The van der Waals surface area contributed by atoms with E-state index < -0.39 is 0 Å². The summed E-state index contributed by atoms with van der Waals surface area (Å²) in [5, 5.41) is 3.04. The van der Waals surface area contributed by atoms with Gasteiger partial charge in [-0.25, -0.2) is 9.97 Å². The highest BCUT2D eigenvalue weighted by atomic mass is 15.1. The lowest BCUT2D eigenvalue weighted by molar-refractivity contribution is 1.12. The first-order valence-corrected chi connectivity index (χ1v) is 5.53. The molecule has 0 aliphatic heterocycles. The second-order valence-electron chi connectivity index (χ2n) is 3.83. The summed E-state index contributed by atoms with van der Waals surface area (Å²) in [6.07, 6.45) is 5.42. The minimum Gasteiger partial charge on any atom is -0.351 e. The van der Waals surface area contributed by atoms with E-state index in [9.17, 15) is 0 Å². The summed E-state index contributed by atoms with van der Waals surface area (Å²) >= 11 is 0. The van der Waals surface area contributed by atoms with Gasteiger partial charge in [0.05, 0.1) is 0 Å². The molecule has 1 N–H and O–H groups in total. The maximum absolute atomic E-state index is 4.25. The second-order valence-corrected chi connectivity index (χ2v) is 3.83. The number of anilines is 1. The van der Waals surface area contributed by atoms with Gasteiger partial charge in [0, 0.05) is 24.5 Å². The van der Waals surface area contributed by atoms with Gasteiger partial charge in [0.25, 0.3) is 0 Å². The van der Waals surface area contributed by atoms with E-state index in [4.69, 9.17) is 0 Å². The van der Waals surface area contributed by atoms with Gasteiger partial charge >= 0.3 is 0 Å². The van der Waals surface area contributed by atoms with Gasteiger partial charge in [-0.15, -0.1) is 6.58 Å². The average Bonchev–Trinajstić information content (AvgIpc) is 2.38. The monoisotopic (exact) mass is 225 g/mol. The van der Waals surface area contributed by atoms with Gasteiger partial charge in [0.15, 0.2) is 0 Å². The quantitative estimate of drug-likeness (QED) is 0.813. The van der Waals surface area contributed by atoms with E-state index >= 15 is 0 Å². The lowest BCUT2D eigenvalue weighted by atomic mass is 10.1. The molecule has 1 aromatic heterocycles. The summed E-state index contributed by atoms with van der Waals surface area (Å²) in [5.74, 6) is 0.626. The van der Waals surface area contributed by atoms with Crippen molar-refractivity contribution in [1.29, 1.82) is 0 Å². The van der Waals surface area contributed by atoms with Gasteiger partial charge in [-0.2, -0.15) is 0 Å². The molecular formula is C14H15N3. The highest BCUT2D eigenvalue weighted by Crippen LogP contribution is 2.18. The van der Waals surface area contributed by atoms with Crippen LogP contribution in [0.4, 0.5) is 5.95 Å². The van der Waals surface area contributed by atoms with Gasteiger partial charge in [-0.1, -0.05) is 35.9 Å². The van der Waals surface area contributed by atoms with Crippen molar-refractivity contribution < 1.29 is 0 Å². The normalized spacial score (nSPS) is 9.94. The van der Waals surface area contributed by atoms with Crippen molar-refractivity contribution in [2.75, 3.05) is 11.9 Å². The van der Waals surface area contributed by atoms with Crippen LogP contribution in [0.25, 0.3) is 11.1 Å². The van der Waals surface area contributed by atoms with Crippen molar-refractivity contribution in [3.63, 3.8) is 0 Å². The fraction of sp³-hybridized carbons (Fsp3) is 0.143. The summed E-state index contributed by atoms with van der Waals surface area (Å²) in [6, 6.07) is 8.31. The molecular weight excluding hydrogens is 210 g/mol. The van der Waals surface area contributed by atoms with Crippen LogP contribution in [0.3, 0.4) is 0 Å².